The number of aromatic nitrogens is 2. The van der Waals surface area contributed by atoms with Gasteiger partial charge in [-0.25, -0.2) is 14.3 Å². The second kappa shape index (κ2) is 7.99. The molecule has 0 saturated heterocycles. The molecule has 0 unspecified atom stereocenters. The Hall–Kier alpha value is -3.55. The standard InChI is InChI=1S/C20H18FN3O4/c1-11(13-7-9-14(21)10-8-13)22-18(25)12(2)28-20(27)17-15-5-3-4-6-16(15)19(26)24-23-17/h3-12H,1-2H3,(H,22,25)(H,24,26)/t11-,12+/m0/s1. The number of nitrogens with zero attached hydrogens (tertiary/aromatic N) is 1. The van der Waals surface area contributed by atoms with Crippen LogP contribution in [0, 0.1) is 5.82 Å². The van der Waals surface area contributed by atoms with Gasteiger partial charge in [0.25, 0.3) is 11.5 Å². The number of nitrogens with one attached hydrogen (secondary N) is 2. The number of aromatic amines is 1. The quantitative estimate of drug-likeness (QED) is 0.659. The summed E-state index contributed by atoms with van der Waals surface area (Å²) >= 11 is 0. The van der Waals surface area contributed by atoms with Crippen molar-refractivity contribution in [1.29, 1.82) is 0 Å². The third-order valence-corrected chi connectivity index (χ3v) is 4.27. The van der Waals surface area contributed by atoms with Crippen LogP contribution in [0.4, 0.5) is 4.39 Å². The zero-order chi connectivity index (χ0) is 20.3. The van der Waals surface area contributed by atoms with Gasteiger partial charge in [-0.1, -0.05) is 30.3 Å². The molecule has 28 heavy (non-hydrogen) atoms. The van der Waals surface area contributed by atoms with Crippen molar-refractivity contribution in [3.05, 3.63) is 76.0 Å². The summed E-state index contributed by atoms with van der Waals surface area (Å²) in [5.74, 6) is -1.71. The minimum Gasteiger partial charge on any atom is -0.448 e. The number of ether oxygens (including phenoxy) is 1. The molecule has 3 rings (SSSR count). The molecule has 0 aliphatic carbocycles. The van der Waals surface area contributed by atoms with Crippen LogP contribution in [0.3, 0.4) is 0 Å². The number of carbonyl (C=O) groups excluding carboxylic acids is 2. The molecule has 0 aliphatic rings. The molecule has 7 nitrogen and oxygen atoms in total. The van der Waals surface area contributed by atoms with Gasteiger partial charge < -0.3 is 10.1 Å². The molecule has 2 atom stereocenters. The number of amides is 1. The predicted molar refractivity (Wildman–Crippen MR) is 100 cm³/mol. The molecule has 1 aromatic heterocycles. The highest BCUT2D eigenvalue weighted by Gasteiger charge is 2.23. The Morgan fingerprint density at radius 2 is 1.71 bits per heavy atom. The van der Waals surface area contributed by atoms with E-state index in [-0.39, 0.29) is 11.5 Å². The predicted octanol–water partition coefficient (Wildman–Crippen LogP) is 2.48. The maximum absolute atomic E-state index is 13.0. The lowest BCUT2D eigenvalue weighted by molar-refractivity contribution is -0.129. The van der Waals surface area contributed by atoms with Crippen molar-refractivity contribution in [2.24, 2.45) is 0 Å². The van der Waals surface area contributed by atoms with E-state index in [1.54, 1.807) is 43.3 Å². The number of fused-ring (bicyclic) bond motifs is 1. The lowest BCUT2D eigenvalue weighted by Gasteiger charge is -2.18. The summed E-state index contributed by atoms with van der Waals surface area (Å²) in [7, 11) is 0. The van der Waals surface area contributed by atoms with Crippen molar-refractivity contribution in [2.45, 2.75) is 26.0 Å². The minimum atomic E-state index is -1.09. The Balaban J connectivity index is 1.70. The summed E-state index contributed by atoms with van der Waals surface area (Å²) in [6.45, 7) is 3.16. The van der Waals surface area contributed by atoms with E-state index in [1.807, 2.05) is 0 Å². The van der Waals surface area contributed by atoms with Crippen molar-refractivity contribution >= 4 is 22.6 Å². The number of benzene rings is 2. The van der Waals surface area contributed by atoms with Gasteiger partial charge in [0.2, 0.25) is 0 Å². The third-order valence-electron chi connectivity index (χ3n) is 4.27. The van der Waals surface area contributed by atoms with Crippen molar-refractivity contribution in [1.82, 2.24) is 15.5 Å². The first kappa shape index (κ1) is 19.2. The summed E-state index contributed by atoms with van der Waals surface area (Å²) < 4.78 is 18.2. The molecule has 1 amide bonds. The van der Waals surface area contributed by atoms with Crippen LogP contribution in [-0.2, 0) is 9.53 Å². The van der Waals surface area contributed by atoms with Gasteiger partial charge in [-0.3, -0.25) is 9.59 Å². The van der Waals surface area contributed by atoms with Crippen LogP contribution in [0.15, 0.2) is 53.3 Å². The van der Waals surface area contributed by atoms with E-state index in [0.29, 0.717) is 16.3 Å². The molecule has 0 saturated carbocycles. The van der Waals surface area contributed by atoms with Gasteiger partial charge in [0, 0.05) is 5.39 Å². The largest absolute Gasteiger partial charge is 0.448 e. The maximum Gasteiger partial charge on any atom is 0.360 e. The van der Waals surface area contributed by atoms with E-state index in [0.717, 1.165) is 0 Å². The molecular weight excluding hydrogens is 365 g/mol. The van der Waals surface area contributed by atoms with Crippen LogP contribution < -0.4 is 10.9 Å². The van der Waals surface area contributed by atoms with E-state index < -0.39 is 29.6 Å². The molecule has 2 N–H and O–H groups in total. The van der Waals surface area contributed by atoms with E-state index in [1.165, 1.54) is 19.1 Å². The Labute approximate surface area is 159 Å². The van der Waals surface area contributed by atoms with E-state index in [2.05, 4.69) is 15.5 Å². The Morgan fingerprint density at radius 1 is 1.07 bits per heavy atom. The Bertz CT molecular complexity index is 1080. The smallest absolute Gasteiger partial charge is 0.360 e. The van der Waals surface area contributed by atoms with Crippen LogP contribution in [0.5, 0.6) is 0 Å². The SMILES string of the molecule is C[C@H](NC(=O)[C@@H](C)OC(=O)c1n[nH]c(=O)c2ccccc12)c1ccc(F)cc1. The number of halogens is 1. The van der Waals surface area contributed by atoms with E-state index in [9.17, 15) is 18.8 Å². The highest BCUT2D eigenvalue weighted by Crippen LogP contribution is 2.15. The third kappa shape index (κ3) is 4.06. The lowest BCUT2D eigenvalue weighted by Crippen LogP contribution is -2.37. The molecule has 1 heterocycles. The summed E-state index contributed by atoms with van der Waals surface area (Å²) in [5.41, 5.74) is 0.203. The van der Waals surface area contributed by atoms with Crippen LogP contribution in [0.2, 0.25) is 0 Å². The summed E-state index contributed by atoms with van der Waals surface area (Å²) in [6.07, 6.45) is -1.09. The van der Waals surface area contributed by atoms with Crippen molar-refractivity contribution in [3.63, 3.8) is 0 Å². The number of esters is 1. The van der Waals surface area contributed by atoms with Gasteiger partial charge >= 0.3 is 5.97 Å². The van der Waals surface area contributed by atoms with Gasteiger partial charge in [-0.15, -0.1) is 0 Å². The molecule has 8 heteroatoms. The van der Waals surface area contributed by atoms with Crippen LogP contribution in [-0.4, -0.2) is 28.2 Å². The zero-order valence-electron chi connectivity index (χ0n) is 15.2. The molecule has 2 aromatic carbocycles. The summed E-state index contributed by atoms with van der Waals surface area (Å²) in [4.78, 5) is 36.6. The second-order valence-electron chi connectivity index (χ2n) is 6.28. The first-order chi connectivity index (χ1) is 13.4. The fourth-order valence-electron chi connectivity index (χ4n) is 2.71. The van der Waals surface area contributed by atoms with Crippen molar-refractivity contribution in [2.75, 3.05) is 0 Å². The molecule has 0 aliphatic heterocycles. The number of H-pyrrole nitrogens is 1. The number of hydrogen-bond donors (Lipinski definition) is 2. The Kier molecular flexibility index (Phi) is 5.49. The summed E-state index contributed by atoms with van der Waals surface area (Å²) in [6, 6.07) is 11.8. The van der Waals surface area contributed by atoms with Gasteiger partial charge in [0.1, 0.15) is 5.82 Å². The van der Waals surface area contributed by atoms with Crippen LogP contribution >= 0.6 is 0 Å². The summed E-state index contributed by atoms with van der Waals surface area (Å²) in [5, 5.41) is 9.34. The van der Waals surface area contributed by atoms with Crippen molar-refractivity contribution in [3.8, 4) is 0 Å². The van der Waals surface area contributed by atoms with Gasteiger partial charge in [-0.05, 0) is 37.6 Å². The number of carbonyl (C=O) groups is 2. The van der Waals surface area contributed by atoms with Crippen molar-refractivity contribution < 1.29 is 18.7 Å². The second-order valence-corrected chi connectivity index (χ2v) is 6.28. The lowest BCUT2D eigenvalue weighted by atomic mass is 10.1. The molecule has 0 spiro atoms. The van der Waals surface area contributed by atoms with Gasteiger partial charge in [0.05, 0.1) is 11.4 Å². The number of hydrogen-bond acceptors (Lipinski definition) is 5. The van der Waals surface area contributed by atoms with E-state index in [4.69, 9.17) is 4.74 Å². The maximum atomic E-state index is 13.0. The van der Waals surface area contributed by atoms with Crippen LogP contribution in [0.25, 0.3) is 10.8 Å². The monoisotopic (exact) mass is 383 g/mol. The average molecular weight is 383 g/mol. The van der Waals surface area contributed by atoms with Gasteiger partial charge in [0.15, 0.2) is 11.8 Å². The zero-order valence-corrected chi connectivity index (χ0v) is 15.2. The number of rotatable bonds is 5. The van der Waals surface area contributed by atoms with Crippen LogP contribution in [0.1, 0.15) is 35.9 Å². The fraction of sp³-hybridized carbons (Fsp3) is 0.200. The Morgan fingerprint density at radius 3 is 2.39 bits per heavy atom. The van der Waals surface area contributed by atoms with Gasteiger partial charge in [-0.2, -0.15) is 5.10 Å². The molecular formula is C20H18FN3O4. The first-order valence-corrected chi connectivity index (χ1v) is 8.61. The molecule has 3 aromatic rings. The fourth-order valence-corrected chi connectivity index (χ4v) is 2.71. The topological polar surface area (TPSA) is 101 Å². The normalized spacial score (nSPS) is 13.0. The molecule has 0 bridgehead atoms. The molecule has 144 valence electrons. The molecule has 0 radical (unpaired) electrons. The highest BCUT2D eigenvalue weighted by atomic mass is 19.1. The average Bonchev–Trinajstić information content (AvgIpc) is 2.68. The van der Waals surface area contributed by atoms with E-state index >= 15 is 0 Å². The minimum absolute atomic E-state index is 0.0820. The molecule has 0 fully saturated rings. The first-order valence-electron chi connectivity index (χ1n) is 8.61. The highest BCUT2D eigenvalue weighted by molar-refractivity contribution is 6.02.